The average Bonchev–Trinajstić information content (AvgIpc) is 3.25. The lowest BCUT2D eigenvalue weighted by atomic mass is 10.1. The summed E-state index contributed by atoms with van der Waals surface area (Å²) >= 11 is 0. The van der Waals surface area contributed by atoms with Gasteiger partial charge in [-0.1, -0.05) is 18.2 Å². The molecule has 0 aliphatic heterocycles. The minimum atomic E-state index is -0.352. The van der Waals surface area contributed by atoms with Crippen molar-refractivity contribution in [1.29, 1.82) is 0 Å². The number of benzene rings is 2. The maximum absolute atomic E-state index is 13.8. The molecule has 160 valence electrons. The molecule has 1 fully saturated rings. The lowest BCUT2D eigenvalue weighted by molar-refractivity contribution is -0.135. The summed E-state index contributed by atoms with van der Waals surface area (Å²) in [7, 11) is 0. The van der Waals surface area contributed by atoms with Crippen molar-refractivity contribution in [2.45, 2.75) is 64.5 Å². The van der Waals surface area contributed by atoms with E-state index in [-0.39, 0.29) is 36.2 Å². The second-order valence-corrected chi connectivity index (χ2v) is 7.94. The molecule has 1 saturated carbocycles. The fourth-order valence-electron chi connectivity index (χ4n) is 3.65. The minimum absolute atomic E-state index is 0.137. The first-order valence-corrected chi connectivity index (χ1v) is 10.6. The Balaban J connectivity index is 1.65. The summed E-state index contributed by atoms with van der Waals surface area (Å²) in [6.45, 7) is 3.67. The molecular formula is C24H29FN2O3. The number of aryl methyl sites for hydroxylation is 1. The molecule has 1 N–H and O–H groups in total. The topological polar surface area (TPSA) is 58.6 Å². The summed E-state index contributed by atoms with van der Waals surface area (Å²) in [4.78, 5) is 25.3. The van der Waals surface area contributed by atoms with Crippen LogP contribution >= 0.6 is 0 Å². The van der Waals surface area contributed by atoms with Gasteiger partial charge >= 0.3 is 0 Å². The fourth-order valence-corrected chi connectivity index (χ4v) is 3.65. The SMILES string of the molecule is CC(C)N(NC(=O)c1ccccc1)C(=O)CCc1cc(F)ccc1OC1CCCC1. The maximum Gasteiger partial charge on any atom is 0.269 e. The molecule has 5 nitrogen and oxygen atoms in total. The molecule has 0 spiro atoms. The van der Waals surface area contributed by atoms with Crippen molar-refractivity contribution in [2.24, 2.45) is 0 Å². The van der Waals surface area contributed by atoms with Gasteiger partial charge in [-0.25, -0.2) is 4.39 Å². The van der Waals surface area contributed by atoms with E-state index in [9.17, 15) is 14.0 Å². The molecule has 6 heteroatoms. The second kappa shape index (κ2) is 10.2. The van der Waals surface area contributed by atoms with Crippen LogP contribution in [-0.4, -0.2) is 29.0 Å². The van der Waals surface area contributed by atoms with Crippen LogP contribution in [0.3, 0.4) is 0 Å². The number of hydrazine groups is 1. The van der Waals surface area contributed by atoms with Crippen LogP contribution < -0.4 is 10.2 Å². The quantitative estimate of drug-likeness (QED) is 0.673. The predicted octanol–water partition coefficient (Wildman–Crippen LogP) is 4.66. The summed E-state index contributed by atoms with van der Waals surface area (Å²) in [5.74, 6) is -0.283. The van der Waals surface area contributed by atoms with Crippen LogP contribution in [0.5, 0.6) is 5.75 Å². The standard InChI is InChI=1S/C24H29FN2O3/c1-17(2)27(26-24(29)18-8-4-3-5-9-18)23(28)15-12-19-16-20(25)13-14-22(19)30-21-10-6-7-11-21/h3-5,8-9,13-14,16-17,21H,6-7,10-12,15H2,1-2H3,(H,26,29). The van der Waals surface area contributed by atoms with Gasteiger partial charge in [-0.3, -0.25) is 20.0 Å². The molecule has 2 aromatic carbocycles. The maximum atomic E-state index is 13.8. The van der Waals surface area contributed by atoms with Gasteiger partial charge in [0, 0.05) is 18.0 Å². The largest absolute Gasteiger partial charge is 0.490 e. The first-order chi connectivity index (χ1) is 14.4. The van der Waals surface area contributed by atoms with E-state index in [2.05, 4.69) is 5.43 Å². The van der Waals surface area contributed by atoms with Gasteiger partial charge < -0.3 is 4.74 Å². The predicted molar refractivity (Wildman–Crippen MR) is 113 cm³/mol. The van der Waals surface area contributed by atoms with Crippen molar-refractivity contribution in [3.05, 3.63) is 65.5 Å². The normalized spacial score (nSPS) is 14.0. The summed E-state index contributed by atoms with van der Waals surface area (Å²) in [5, 5.41) is 1.34. The highest BCUT2D eigenvalue weighted by molar-refractivity contribution is 5.95. The van der Waals surface area contributed by atoms with E-state index in [0.29, 0.717) is 23.3 Å². The molecule has 0 radical (unpaired) electrons. The van der Waals surface area contributed by atoms with Crippen molar-refractivity contribution >= 4 is 11.8 Å². The third-order valence-corrected chi connectivity index (χ3v) is 5.27. The number of nitrogens with one attached hydrogen (secondary N) is 1. The number of ether oxygens (including phenoxy) is 1. The summed E-state index contributed by atoms with van der Waals surface area (Å²) in [5.41, 5.74) is 3.85. The molecule has 30 heavy (non-hydrogen) atoms. The summed E-state index contributed by atoms with van der Waals surface area (Å²) in [6.07, 6.45) is 4.92. The van der Waals surface area contributed by atoms with Gasteiger partial charge in [0.05, 0.1) is 6.10 Å². The lowest BCUT2D eigenvalue weighted by Crippen LogP contribution is -2.50. The molecule has 0 unspecified atom stereocenters. The average molecular weight is 413 g/mol. The number of nitrogens with zero attached hydrogens (tertiary/aromatic N) is 1. The van der Waals surface area contributed by atoms with Gasteiger partial charge in [-0.15, -0.1) is 0 Å². The Morgan fingerprint density at radius 2 is 1.83 bits per heavy atom. The molecule has 1 aliphatic carbocycles. The van der Waals surface area contributed by atoms with Crippen LogP contribution in [0.25, 0.3) is 0 Å². The monoisotopic (exact) mass is 412 g/mol. The van der Waals surface area contributed by atoms with Crippen LogP contribution in [0.15, 0.2) is 48.5 Å². The first kappa shape index (κ1) is 21.8. The third kappa shape index (κ3) is 5.81. The van der Waals surface area contributed by atoms with Gasteiger partial charge in [0.15, 0.2) is 0 Å². The fraction of sp³-hybridized carbons (Fsp3) is 0.417. The van der Waals surface area contributed by atoms with Crippen LogP contribution in [0.2, 0.25) is 0 Å². The molecule has 3 rings (SSSR count). The molecule has 0 bridgehead atoms. The number of hydrogen-bond donors (Lipinski definition) is 1. The van der Waals surface area contributed by atoms with Crippen molar-refractivity contribution < 1.29 is 18.7 Å². The highest BCUT2D eigenvalue weighted by atomic mass is 19.1. The second-order valence-electron chi connectivity index (χ2n) is 7.94. The Morgan fingerprint density at radius 3 is 2.50 bits per heavy atom. The number of carbonyl (C=O) groups excluding carboxylic acids is 2. The lowest BCUT2D eigenvalue weighted by Gasteiger charge is -2.27. The van der Waals surface area contributed by atoms with Crippen LogP contribution in [-0.2, 0) is 11.2 Å². The zero-order valence-electron chi connectivity index (χ0n) is 17.6. The Labute approximate surface area is 177 Å². The van der Waals surface area contributed by atoms with Crippen molar-refractivity contribution in [1.82, 2.24) is 10.4 Å². The number of carbonyl (C=O) groups is 2. The molecule has 1 aliphatic rings. The van der Waals surface area contributed by atoms with E-state index in [4.69, 9.17) is 4.74 Å². The molecule has 0 saturated heterocycles. The summed E-state index contributed by atoms with van der Waals surface area (Å²) < 4.78 is 19.9. The van der Waals surface area contributed by atoms with E-state index < -0.39 is 0 Å². The first-order valence-electron chi connectivity index (χ1n) is 10.6. The highest BCUT2D eigenvalue weighted by Gasteiger charge is 2.22. The molecule has 2 aromatic rings. The minimum Gasteiger partial charge on any atom is -0.490 e. The van der Waals surface area contributed by atoms with Crippen molar-refractivity contribution in [3.63, 3.8) is 0 Å². The molecule has 0 heterocycles. The highest BCUT2D eigenvalue weighted by Crippen LogP contribution is 2.28. The van der Waals surface area contributed by atoms with Gasteiger partial charge in [-0.2, -0.15) is 0 Å². The zero-order chi connectivity index (χ0) is 21.5. The van der Waals surface area contributed by atoms with E-state index in [1.54, 1.807) is 30.3 Å². The van der Waals surface area contributed by atoms with Gasteiger partial charge in [0.2, 0.25) is 5.91 Å². The Morgan fingerprint density at radius 1 is 1.13 bits per heavy atom. The molecular weight excluding hydrogens is 383 g/mol. The Bertz CT molecular complexity index is 864. The van der Waals surface area contributed by atoms with Crippen molar-refractivity contribution in [2.75, 3.05) is 0 Å². The third-order valence-electron chi connectivity index (χ3n) is 5.27. The van der Waals surface area contributed by atoms with Gasteiger partial charge in [0.1, 0.15) is 11.6 Å². The van der Waals surface area contributed by atoms with E-state index >= 15 is 0 Å². The Hall–Kier alpha value is -2.89. The van der Waals surface area contributed by atoms with E-state index in [0.717, 1.165) is 25.7 Å². The van der Waals surface area contributed by atoms with Gasteiger partial charge in [-0.05, 0) is 81.8 Å². The molecule has 0 aromatic heterocycles. The molecule has 2 amide bonds. The number of hydrogen-bond acceptors (Lipinski definition) is 3. The van der Waals surface area contributed by atoms with Crippen molar-refractivity contribution in [3.8, 4) is 5.75 Å². The van der Waals surface area contributed by atoms with Gasteiger partial charge in [0.25, 0.3) is 5.91 Å². The number of amides is 2. The zero-order valence-corrected chi connectivity index (χ0v) is 17.6. The van der Waals surface area contributed by atoms with Crippen LogP contribution in [0.1, 0.15) is 61.9 Å². The van der Waals surface area contributed by atoms with E-state index in [1.807, 2.05) is 19.9 Å². The van der Waals surface area contributed by atoms with E-state index in [1.165, 1.54) is 17.1 Å². The number of rotatable bonds is 7. The van der Waals surface area contributed by atoms with Crippen LogP contribution in [0, 0.1) is 5.82 Å². The Kier molecular flexibility index (Phi) is 7.44. The molecule has 0 atom stereocenters. The summed E-state index contributed by atoms with van der Waals surface area (Å²) in [6, 6.07) is 13.0. The van der Waals surface area contributed by atoms with Crippen LogP contribution in [0.4, 0.5) is 4.39 Å². The number of halogens is 1. The smallest absolute Gasteiger partial charge is 0.269 e.